The lowest BCUT2D eigenvalue weighted by Crippen LogP contribution is -2.55. The van der Waals surface area contributed by atoms with Gasteiger partial charge in [-0.05, 0) is 59.2 Å². The predicted octanol–water partition coefficient (Wildman–Crippen LogP) is 3.95. The van der Waals surface area contributed by atoms with Gasteiger partial charge in [0.05, 0.1) is 16.5 Å². The van der Waals surface area contributed by atoms with Gasteiger partial charge in [-0.3, -0.25) is 4.79 Å². The number of amides is 1. The summed E-state index contributed by atoms with van der Waals surface area (Å²) in [6.07, 6.45) is 0.139. The number of nitrogens with zero attached hydrogens (tertiary/aromatic N) is 3. The van der Waals surface area contributed by atoms with Crippen LogP contribution in [0.4, 0.5) is 5.69 Å². The number of carbonyl (C=O) groups is 1. The van der Waals surface area contributed by atoms with Gasteiger partial charge in [-0.15, -0.1) is 0 Å². The number of rotatable bonds is 7. The highest BCUT2D eigenvalue weighted by molar-refractivity contribution is 7.89. The minimum Gasteiger partial charge on any atom is -0.368 e. The molecule has 0 spiro atoms. The van der Waals surface area contributed by atoms with Crippen LogP contribution in [-0.2, 0) is 21.2 Å². The molecule has 1 heterocycles. The first kappa shape index (κ1) is 25.5. The summed E-state index contributed by atoms with van der Waals surface area (Å²) < 4.78 is 29.6. The van der Waals surface area contributed by atoms with Gasteiger partial charge in [0.2, 0.25) is 15.9 Å². The molecule has 5 rings (SSSR count). The molecule has 1 aliphatic rings. The minimum atomic E-state index is -4.00. The van der Waals surface area contributed by atoms with Gasteiger partial charge >= 0.3 is 0 Å². The van der Waals surface area contributed by atoms with Crippen molar-refractivity contribution in [3.05, 3.63) is 108 Å². The van der Waals surface area contributed by atoms with Gasteiger partial charge in [0.1, 0.15) is 6.04 Å². The molecule has 0 saturated carbocycles. The Balaban J connectivity index is 1.39. The zero-order valence-electron chi connectivity index (χ0n) is 20.8. The average Bonchev–Trinajstić information content (AvgIpc) is 2.96. The maximum Gasteiger partial charge on any atom is 0.241 e. The Morgan fingerprint density at radius 3 is 2.29 bits per heavy atom. The third-order valence-electron chi connectivity index (χ3n) is 6.84. The number of hydrogen-bond acceptors (Lipinski definition) is 5. The molecule has 1 N–H and O–H groups in total. The highest BCUT2D eigenvalue weighted by Crippen LogP contribution is 2.21. The Hall–Kier alpha value is -4.19. The molecule has 8 heteroatoms. The molecule has 0 bridgehead atoms. The lowest BCUT2D eigenvalue weighted by molar-refractivity contribution is -0.133. The second kappa shape index (κ2) is 11.1. The first-order valence-corrected chi connectivity index (χ1v) is 14.0. The molecule has 1 unspecified atom stereocenters. The van der Waals surface area contributed by atoms with Crippen molar-refractivity contribution in [1.82, 2.24) is 9.62 Å². The zero-order chi connectivity index (χ0) is 26.5. The number of carbonyl (C=O) groups excluding carboxylic acids is 1. The number of hydrogen-bond donors (Lipinski definition) is 1. The smallest absolute Gasteiger partial charge is 0.241 e. The first-order valence-electron chi connectivity index (χ1n) is 12.5. The molecule has 1 fully saturated rings. The van der Waals surface area contributed by atoms with Gasteiger partial charge in [-0.1, -0.05) is 60.7 Å². The summed E-state index contributed by atoms with van der Waals surface area (Å²) in [4.78, 5) is 17.8. The quantitative estimate of drug-likeness (QED) is 0.395. The van der Waals surface area contributed by atoms with Gasteiger partial charge in [0.25, 0.3) is 0 Å². The monoisotopic (exact) mass is 524 g/mol. The highest BCUT2D eigenvalue weighted by Gasteiger charge is 2.31. The number of piperazine rings is 1. The van der Waals surface area contributed by atoms with Crippen LogP contribution in [0.2, 0.25) is 0 Å². The van der Waals surface area contributed by atoms with Crippen molar-refractivity contribution in [3.63, 3.8) is 0 Å². The molecule has 4 aromatic rings. The van der Waals surface area contributed by atoms with Crippen molar-refractivity contribution in [2.75, 3.05) is 31.1 Å². The van der Waals surface area contributed by atoms with Crippen molar-refractivity contribution in [3.8, 4) is 6.07 Å². The molecule has 1 aliphatic heterocycles. The van der Waals surface area contributed by atoms with Crippen LogP contribution in [0.15, 0.2) is 102 Å². The SMILES string of the molecule is N#Cc1cccc(CC(NS(=O)(=O)c2ccc3ccccc3c2)C(=O)N2CCN(c3ccccc3)CC2)c1. The highest BCUT2D eigenvalue weighted by atomic mass is 32.2. The molecule has 4 aromatic carbocycles. The number of anilines is 1. The summed E-state index contributed by atoms with van der Waals surface area (Å²) in [6.45, 7) is 2.29. The van der Waals surface area contributed by atoms with Crippen LogP contribution in [-0.4, -0.2) is 51.4 Å². The molecule has 7 nitrogen and oxygen atoms in total. The van der Waals surface area contributed by atoms with E-state index in [2.05, 4.69) is 15.7 Å². The van der Waals surface area contributed by atoms with Crippen molar-refractivity contribution in [2.45, 2.75) is 17.4 Å². The van der Waals surface area contributed by atoms with Crippen molar-refractivity contribution < 1.29 is 13.2 Å². The standard InChI is InChI=1S/C30H28N4O3S/c31-22-24-8-6-7-23(19-24)20-29(30(35)34-17-15-33(16-18-34)27-11-2-1-3-12-27)32-38(36,37)28-14-13-25-9-4-5-10-26(25)21-28/h1-14,19,21,29,32H,15-18,20H2. The topological polar surface area (TPSA) is 93.5 Å². The van der Waals surface area contributed by atoms with Crippen LogP contribution in [0.25, 0.3) is 10.8 Å². The van der Waals surface area contributed by atoms with Crippen molar-refractivity contribution >= 4 is 32.4 Å². The fourth-order valence-electron chi connectivity index (χ4n) is 4.82. The van der Waals surface area contributed by atoms with Crippen LogP contribution in [0, 0.1) is 11.3 Å². The number of para-hydroxylation sites is 1. The van der Waals surface area contributed by atoms with Gasteiger partial charge in [-0.2, -0.15) is 9.98 Å². The molecule has 1 saturated heterocycles. The summed E-state index contributed by atoms with van der Waals surface area (Å²) in [7, 11) is -4.00. The number of benzene rings is 4. The summed E-state index contributed by atoms with van der Waals surface area (Å²) in [5, 5.41) is 11.0. The van der Waals surface area contributed by atoms with E-state index >= 15 is 0 Å². The molecular weight excluding hydrogens is 496 g/mol. The molecule has 192 valence electrons. The molecule has 38 heavy (non-hydrogen) atoms. The maximum atomic E-state index is 13.7. The third-order valence-corrected chi connectivity index (χ3v) is 8.30. The maximum absolute atomic E-state index is 13.7. The average molecular weight is 525 g/mol. The second-order valence-electron chi connectivity index (χ2n) is 9.35. The summed E-state index contributed by atoms with van der Waals surface area (Å²) in [5.41, 5.74) is 2.27. The van der Waals surface area contributed by atoms with E-state index in [-0.39, 0.29) is 17.2 Å². The van der Waals surface area contributed by atoms with Crippen molar-refractivity contribution in [2.24, 2.45) is 0 Å². The zero-order valence-corrected chi connectivity index (χ0v) is 21.6. The van der Waals surface area contributed by atoms with Crippen LogP contribution in [0.5, 0.6) is 0 Å². The molecule has 1 atom stereocenters. The Morgan fingerprint density at radius 1 is 0.842 bits per heavy atom. The van der Waals surface area contributed by atoms with E-state index in [0.717, 1.165) is 16.5 Å². The Kier molecular flexibility index (Phi) is 7.40. The van der Waals surface area contributed by atoms with E-state index in [1.807, 2.05) is 54.6 Å². The number of nitriles is 1. The lowest BCUT2D eigenvalue weighted by atomic mass is 10.0. The Bertz CT molecular complexity index is 1590. The van der Waals surface area contributed by atoms with E-state index in [9.17, 15) is 18.5 Å². The van der Waals surface area contributed by atoms with E-state index in [4.69, 9.17) is 0 Å². The largest absolute Gasteiger partial charge is 0.368 e. The Morgan fingerprint density at radius 2 is 1.55 bits per heavy atom. The molecule has 0 radical (unpaired) electrons. The fourth-order valence-corrected chi connectivity index (χ4v) is 6.04. The third kappa shape index (κ3) is 5.70. The first-order chi connectivity index (χ1) is 18.4. The van der Waals surface area contributed by atoms with E-state index in [1.54, 1.807) is 47.4 Å². The second-order valence-corrected chi connectivity index (χ2v) is 11.1. The van der Waals surface area contributed by atoms with Gasteiger partial charge in [-0.25, -0.2) is 8.42 Å². The van der Waals surface area contributed by atoms with Gasteiger partial charge < -0.3 is 9.80 Å². The minimum absolute atomic E-state index is 0.105. The fraction of sp³-hybridized carbons (Fsp3) is 0.200. The van der Waals surface area contributed by atoms with E-state index in [0.29, 0.717) is 37.3 Å². The van der Waals surface area contributed by atoms with Gasteiger partial charge in [0, 0.05) is 31.9 Å². The number of sulfonamides is 1. The van der Waals surface area contributed by atoms with Crippen LogP contribution in [0.3, 0.4) is 0 Å². The van der Waals surface area contributed by atoms with E-state index in [1.165, 1.54) is 0 Å². The molecule has 0 aliphatic carbocycles. The molecule has 1 amide bonds. The molecular formula is C30H28N4O3S. The lowest BCUT2D eigenvalue weighted by Gasteiger charge is -2.37. The van der Waals surface area contributed by atoms with E-state index < -0.39 is 16.1 Å². The summed E-state index contributed by atoms with van der Waals surface area (Å²) in [6, 6.07) is 30.5. The Labute approximate surface area is 223 Å². The van der Waals surface area contributed by atoms with Crippen LogP contribution >= 0.6 is 0 Å². The van der Waals surface area contributed by atoms with Crippen LogP contribution < -0.4 is 9.62 Å². The number of nitrogens with one attached hydrogen (secondary N) is 1. The molecule has 0 aromatic heterocycles. The predicted molar refractivity (Wildman–Crippen MR) is 148 cm³/mol. The van der Waals surface area contributed by atoms with Crippen molar-refractivity contribution in [1.29, 1.82) is 5.26 Å². The van der Waals surface area contributed by atoms with Gasteiger partial charge in [0.15, 0.2) is 0 Å². The van der Waals surface area contributed by atoms with Crippen LogP contribution in [0.1, 0.15) is 11.1 Å². The summed E-state index contributed by atoms with van der Waals surface area (Å²) >= 11 is 0. The number of fused-ring (bicyclic) bond motifs is 1. The summed E-state index contributed by atoms with van der Waals surface area (Å²) in [5.74, 6) is -0.274. The normalized spacial score (nSPS) is 14.7.